The van der Waals surface area contributed by atoms with Crippen LogP contribution in [0.1, 0.15) is 57.7 Å². The molecule has 1 aromatic carbocycles. The molecule has 0 unspecified atom stereocenters. The van der Waals surface area contributed by atoms with Gasteiger partial charge < -0.3 is 15.5 Å². The van der Waals surface area contributed by atoms with Crippen LogP contribution in [0.15, 0.2) is 29.3 Å². The van der Waals surface area contributed by atoms with Crippen molar-refractivity contribution in [2.24, 2.45) is 4.99 Å². The van der Waals surface area contributed by atoms with Crippen LogP contribution in [0.25, 0.3) is 0 Å². The number of amides is 1. The summed E-state index contributed by atoms with van der Waals surface area (Å²) in [4.78, 5) is 24.8. The second-order valence-corrected chi connectivity index (χ2v) is 9.29. The van der Waals surface area contributed by atoms with Gasteiger partial charge in [-0.15, -0.1) is 35.3 Å². The monoisotopic (exact) mass is 569 g/mol. The highest BCUT2D eigenvalue weighted by atomic mass is 127. The predicted octanol–water partition coefficient (Wildman–Crippen LogP) is 4.07. The number of rotatable bonds is 9. The van der Waals surface area contributed by atoms with E-state index < -0.39 is 0 Å². The summed E-state index contributed by atoms with van der Waals surface area (Å²) in [7, 11) is 3.55. The molecule has 0 atom stereocenters. The van der Waals surface area contributed by atoms with Gasteiger partial charge in [0.25, 0.3) is 5.91 Å². The number of aliphatic imine (C=N–C) groups is 1. The third-order valence-electron chi connectivity index (χ3n) is 5.34. The summed E-state index contributed by atoms with van der Waals surface area (Å²) in [5, 5.41) is 8.00. The number of halogens is 1. The molecule has 0 radical (unpaired) electrons. The molecule has 1 aliphatic rings. The van der Waals surface area contributed by atoms with Crippen molar-refractivity contribution in [1.29, 1.82) is 0 Å². The number of thiazole rings is 1. The zero-order valence-corrected chi connectivity index (χ0v) is 22.6. The molecular weight excluding hydrogens is 533 g/mol. The standard InChI is InChI=1S/C24H35N5OS.HI/c1-4-25-24(26-15-8-13-22-28-20-11-5-6-12-21(20)31-22)27-16-14-18-9-7-10-19(17-18)23(30)29(2)3;/h7,9-10,17H,4-6,8,11-16H2,1-3H3,(H2,25,26,27);1H. The molecule has 32 heavy (non-hydrogen) atoms. The highest BCUT2D eigenvalue weighted by Crippen LogP contribution is 2.27. The average Bonchev–Trinajstić information content (AvgIpc) is 3.19. The minimum absolute atomic E-state index is 0. The number of hydrogen-bond donors (Lipinski definition) is 2. The Hall–Kier alpha value is -1.68. The Labute approximate surface area is 213 Å². The van der Waals surface area contributed by atoms with E-state index in [1.54, 1.807) is 19.0 Å². The second-order valence-electron chi connectivity index (χ2n) is 8.13. The van der Waals surface area contributed by atoms with Crippen molar-refractivity contribution in [2.45, 2.75) is 51.9 Å². The predicted molar refractivity (Wildman–Crippen MR) is 145 cm³/mol. The smallest absolute Gasteiger partial charge is 0.253 e. The molecule has 8 heteroatoms. The van der Waals surface area contributed by atoms with Crippen LogP contribution in [0, 0.1) is 0 Å². The van der Waals surface area contributed by atoms with E-state index in [9.17, 15) is 4.79 Å². The van der Waals surface area contributed by atoms with Crippen molar-refractivity contribution in [2.75, 3.05) is 33.7 Å². The van der Waals surface area contributed by atoms with Gasteiger partial charge in [0.2, 0.25) is 0 Å². The van der Waals surface area contributed by atoms with Crippen molar-refractivity contribution in [3.63, 3.8) is 0 Å². The largest absolute Gasteiger partial charge is 0.357 e. The third kappa shape index (κ3) is 8.03. The fourth-order valence-electron chi connectivity index (χ4n) is 3.72. The molecule has 0 bridgehead atoms. The normalized spacial score (nSPS) is 13.2. The Kier molecular flexibility index (Phi) is 11.4. The maximum atomic E-state index is 12.1. The van der Waals surface area contributed by atoms with Gasteiger partial charge in [0, 0.05) is 50.6 Å². The molecular formula is C24H36IN5OS. The number of fused-ring (bicyclic) bond motifs is 1. The Morgan fingerprint density at radius 1 is 1.19 bits per heavy atom. The van der Waals surface area contributed by atoms with Crippen LogP contribution >= 0.6 is 35.3 Å². The molecule has 0 spiro atoms. The summed E-state index contributed by atoms with van der Waals surface area (Å²) in [5.41, 5.74) is 3.22. The van der Waals surface area contributed by atoms with E-state index in [-0.39, 0.29) is 29.9 Å². The molecule has 0 aliphatic heterocycles. The van der Waals surface area contributed by atoms with E-state index >= 15 is 0 Å². The van der Waals surface area contributed by atoms with Gasteiger partial charge in [-0.3, -0.25) is 9.79 Å². The first-order chi connectivity index (χ1) is 15.1. The van der Waals surface area contributed by atoms with Gasteiger partial charge in [-0.25, -0.2) is 4.98 Å². The highest BCUT2D eigenvalue weighted by Gasteiger charge is 2.14. The maximum absolute atomic E-state index is 12.1. The van der Waals surface area contributed by atoms with Crippen molar-refractivity contribution in [3.8, 4) is 0 Å². The topological polar surface area (TPSA) is 69.6 Å². The van der Waals surface area contributed by atoms with Crippen molar-refractivity contribution >= 4 is 47.2 Å². The Morgan fingerprint density at radius 2 is 2.00 bits per heavy atom. The average molecular weight is 570 g/mol. The number of benzene rings is 1. The zero-order valence-electron chi connectivity index (χ0n) is 19.4. The summed E-state index contributed by atoms with van der Waals surface area (Å²) in [6, 6.07) is 7.85. The lowest BCUT2D eigenvalue weighted by Gasteiger charge is -2.13. The van der Waals surface area contributed by atoms with Crippen LogP contribution in [-0.4, -0.2) is 55.5 Å². The number of carbonyl (C=O) groups excluding carboxylic acids is 1. The number of hydrogen-bond acceptors (Lipinski definition) is 4. The Balaban J connectivity index is 0.00000363. The summed E-state index contributed by atoms with van der Waals surface area (Å²) < 4.78 is 0. The number of aromatic nitrogens is 1. The van der Waals surface area contributed by atoms with Crippen molar-refractivity contribution in [3.05, 3.63) is 51.0 Å². The van der Waals surface area contributed by atoms with Crippen molar-refractivity contribution in [1.82, 2.24) is 20.5 Å². The lowest BCUT2D eigenvalue weighted by molar-refractivity contribution is 0.0827. The molecule has 2 aromatic rings. The number of nitrogens with zero attached hydrogens (tertiary/aromatic N) is 3. The van der Waals surface area contributed by atoms with E-state index in [1.807, 2.05) is 29.5 Å². The lowest BCUT2D eigenvalue weighted by Crippen LogP contribution is -2.38. The van der Waals surface area contributed by atoms with E-state index in [0.717, 1.165) is 62.4 Å². The summed E-state index contributed by atoms with van der Waals surface area (Å²) in [6.07, 6.45) is 7.83. The Morgan fingerprint density at radius 3 is 2.75 bits per heavy atom. The quantitative estimate of drug-likeness (QED) is 0.207. The molecule has 0 saturated heterocycles. The van der Waals surface area contributed by atoms with Gasteiger partial charge in [-0.2, -0.15) is 0 Å². The molecule has 176 valence electrons. The lowest BCUT2D eigenvalue weighted by atomic mass is 10.0. The van der Waals surface area contributed by atoms with Crippen LogP contribution in [0.3, 0.4) is 0 Å². The first kappa shape index (κ1) is 26.6. The first-order valence-electron chi connectivity index (χ1n) is 11.4. The van der Waals surface area contributed by atoms with E-state index in [4.69, 9.17) is 9.98 Å². The molecule has 1 aromatic heterocycles. The third-order valence-corrected chi connectivity index (χ3v) is 6.56. The number of aryl methyl sites for hydroxylation is 3. The van der Waals surface area contributed by atoms with Gasteiger partial charge in [0.15, 0.2) is 5.96 Å². The van der Waals surface area contributed by atoms with E-state index in [1.165, 1.54) is 34.8 Å². The van der Waals surface area contributed by atoms with Crippen LogP contribution in [0.5, 0.6) is 0 Å². The van der Waals surface area contributed by atoms with Gasteiger partial charge in [-0.05, 0) is 63.1 Å². The molecule has 6 nitrogen and oxygen atoms in total. The number of guanidine groups is 1. The fourth-order valence-corrected chi connectivity index (χ4v) is 4.92. The molecule has 3 rings (SSSR count). The summed E-state index contributed by atoms with van der Waals surface area (Å²) >= 11 is 1.90. The van der Waals surface area contributed by atoms with Gasteiger partial charge in [-0.1, -0.05) is 12.1 Å². The molecule has 0 saturated carbocycles. The minimum Gasteiger partial charge on any atom is -0.357 e. The molecule has 1 aliphatic carbocycles. The number of carbonyl (C=O) groups is 1. The molecule has 2 N–H and O–H groups in total. The van der Waals surface area contributed by atoms with Gasteiger partial charge in [0.05, 0.1) is 10.7 Å². The first-order valence-corrected chi connectivity index (χ1v) is 12.2. The second kappa shape index (κ2) is 13.8. The number of nitrogens with one attached hydrogen (secondary N) is 2. The SMILES string of the molecule is CCNC(=NCCCc1nc2c(s1)CCCC2)NCCc1cccc(C(=O)N(C)C)c1.I. The van der Waals surface area contributed by atoms with Crippen LogP contribution in [-0.2, 0) is 25.7 Å². The van der Waals surface area contributed by atoms with E-state index in [0.29, 0.717) is 0 Å². The van der Waals surface area contributed by atoms with Crippen molar-refractivity contribution < 1.29 is 4.79 Å². The van der Waals surface area contributed by atoms with Gasteiger partial charge >= 0.3 is 0 Å². The van der Waals surface area contributed by atoms with Crippen LogP contribution in [0.4, 0.5) is 0 Å². The summed E-state index contributed by atoms with van der Waals surface area (Å²) in [5.74, 6) is 0.882. The fraction of sp³-hybridized carbons (Fsp3) is 0.542. The van der Waals surface area contributed by atoms with Crippen LogP contribution < -0.4 is 10.6 Å². The van der Waals surface area contributed by atoms with Crippen LogP contribution in [0.2, 0.25) is 0 Å². The molecule has 1 amide bonds. The summed E-state index contributed by atoms with van der Waals surface area (Å²) in [6.45, 7) is 4.46. The van der Waals surface area contributed by atoms with E-state index in [2.05, 4.69) is 23.6 Å². The van der Waals surface area contributed by atoms with Gasteiger partial charge in [0.1, 0.15) is 0 Å². The highest BCUT2D eigenvalue weighted by molar-refractivity contribution is 14.0. The zero-order chi connectivity index (χ0) is 22.1. The molecule has 1 heterocycles. The Bertz CT molecular complexity index is 873. The molecule has 0 fully saturated rings. The maximum Gasteiger partial charge on any atom is 0.253 e. The minimum atomic E-state index is 0.